The van der Waals surface area contributed by atoms with Gasteiger partial charge in [0.2, 0.25) is 0 Å². The van der Waals surface area contributed by atoms with Crippen molar-refractivity contribution in [3.8, 4) is 45.3 Å². The van der Waals surface area contributed by atoms with E-state index < -0.39 is 0 Å². The smallest absolute Gasteiger partial charge is 0.165 e. The largest absolute Gasteiger partial charge is 0.456 e. The summed E-state index contributed by atoms with van der Waals surface area (Å²) >= 11 is 1.81. The fraction of sp³-hybridized carbons (Fsp3) is 0. The minimum Gasteiger partial charge on any atom is -0.456 e. The third-order valence-electron chi connectivity index (χ3n) is 9.76. The molecule has 0 saturated heterocycles. The monoisotopic (exact) mass is 671 g/mol. The van der Waals surface area contributed by atoms with E-state index in [9.17, 15) is 0 Å². The summed E-state index contributed by atoms with van der Waals surface area (Å²) in [6, 6.07) is 52.1. The van der Waals surface area contributed by atoms with Crippen LogP contribution in [0.25, 0.3) is 109 Å². The number of fused-ring (bicyclic) bond motifs is 9. The van der Waals surface area contributed by atoms with Gasteiger partial charge in [-0.2, -0.15) is 0 Å². The maximum atomic E-state index is 6.48. The van der Waals surface area contributed by atoms with Crippen molar-refractivity contribution in [1.82, 2.24) is 15.0 Å². The zero-order valence-electron chi connectivity index (χ0n) is 27.0. The second kappa shape index (κ2) is 10.9. The molecule has 0 aliphatic rings. The molecule has 4 aromatic heterocycles. The number of hydrogen-bond donors (Lipinski definition) is 0. The second-order valence-corrected chi connectivity index (χ2v) is 13.8. The highest BCUT2D eigenvalue weighted by atomic mass is 32.1. The molecule has 0 aliphatic heterocycles. The molecule has 0 bridgehead atoms. The van der Waals surface area contributed by atoms with Crippen LogP contribution in [0.15, 0.2) is 160 Å². The number of hydrogen-bond acceptors (Lipinski definition) is 6. The van der Waals surface area contributed by atoms with Gasteiger partial charge in [0.1, 0.15) is 22.3 Å². The van der Waals surface area contributed by atoms with Crippen LogP contribution in [0.2, 0.25) is 0 Å². The fourth-order valence-electron chi connectivity index (χ4n) is 7.47. The SMILES string of the molecule is c1ccc(-c2nc(-c3ccc4oc5ccccc5c4c3)nc(-c3c(-c4cccc5sc6ccccc6c45)ccc4oc5ccccc5c34)n2)cc1. The van der Waals surface area contributed by atoms with Crippen molar-refractivity contribution in [2.24, 2.45) is 0 Å². The van der Waals surface area contributed by atoms with Crippen molar-refractivity contribution in [2.75, 3.05) is 0 Å². The Morgan fingerprint density at radius 3 is 1.86 bits per heavy atom. The molecule has 7 aromatic carbocycles. The molecular formula is C45H25N3O2S. The Morgan fingerprint density at radius 2 is 1.00 bits per heavy atom. The molecule has 4 heterocycles. The van der Waals surface area contributed by atoms with E-state index in [1.165, 1.54) is 20.2 Å². The van der Waals surface area contributed by atoms with Crippen molar-refractivity contribution in [2.45, 2.75) is 0 Å². The van der Waals surface area contributed by atoms with Crippen molar-refractivity contribution < 1.29 is 8.83 Å². The quantitative estimate of drug-likeness (QED) is 0.186. The molecule has 6 heteroatoms. The molecule has 5 nitrogen and oxygen atoms in total. The summed E-state index contributed by atoms with van der Waals surface area (Å²) in [5.74, 6) is 1.77. The predicted octanol–water partition coefficient (Wildman–Crippen LogP) is 12.7. The molecule has 0 aliphatic carbocycles. The first-order valence-corrected chi connectivity index (χ1v) is 17.7. The number of nitrogens with zero attached hydrogens (tertiary/aromatic N) is 3. The van der Waals surface area contributed by atoms with E-state index in [1.54, 1.807) is 0 Å². The number of furan rings is 2. The molecule has 0 radical (unpaired) electrons. The van der Waals surface area contributed by atoms with Crippen molar-refractivity contribution in [3.05, 3.63) is 152 Å². The molecule has 0 amide bonds. The fourth-order valence-corrected chi connectivity index (χ4v) is 8.60. The zero-order valence-corrected chi connectivity index (χ0v) is 27.8. The van der Waals surface area contributed by atoms with E-state index in [4.69, 9.17) is 23.8 Å². The summed E-state index contributed by atoms with van der Waals surface area (Å²) in [7, 11) is 0. The van der Waals surface area contributed by atoms with Crippen LogP contribution in [-0.2, 0) is 0 Å². The molecule has 0 N–H and O–H groups in total. The normalized spacial score (nSPS) is 11.9. The lowest BCUT2D eigenvalue weighted by Crippen LogP contribution is -2.01. The van der Waals surface area contributed by atoms with Crippen LogP contribution >= 0.6 is 11.3 Å². The Balaban J connectivity index is 1.25. The minimum absolute atomic E-state index is 0.583. The van der Waals surface area contributed by atoms with Gasteiger partial charge in [-0.15, -0.1) is 11.3 Å². The van der Waals surface area contributed by atoms with Gasteiger partial charge in [-0.25, -0.2) is 15.0 Å². The van der Waals surface area contributed by atoms with Crippen LogP contribution in [0.3, 0.4) is 0 Å². The third kappa shape index (κ3) is 4.37. The van der Waals surface area contributed by atoms with Crippen LogP contribution < -0.4 is 0 Å². The van der Waals surface area contributed by atoms with Gasteiger partial charge in [-0.3, -0.25) is 0 Å². The summed E-state index contributed by atoms with van der Waals surface area (Å²) in [5, 5.41) is 6.53. The molecule has 0 unspecified atom stereocenters. The Bertz CT molecular complexity index is 3160. The Hall–Kier alpha value is -6.63. The lowest BCUT2D eigenvalue weighted by atomic mass is 9.92. The van der Waals surface area contributed by atoms with Crippen LogP contribution in [0, 0.1) is 0 Å². The maximum Gasteiger partial charge on any atom is 0.165 e. The second-order valence-electron chi connectivity index (χ2n) is 12.7. The molecule has 0 spiro atoms. The average molecular weight is 672 g/mol. The standard InChI is InChI=1S/C45H25N3O2S/c1-2-11-26(12-3-1)43-46-44(27-21-23-36-33(25-27)28-13-4-7-17-34(28)49-36)48-45(47-43)42-30(22-24-37-41(42)31-14-5-8-18-35(31)50-37)29-16-10-20-39-40(29)32-15-6-9-19-38(32)51-39/h1-25H. The van der Waals surface area contributed by atoms with Crippen LogP contribution in [0.1, 0.15) is 0 Å². The summed E-state index contributed by atoms with van der Waals surface area (Å²) in [6.07, 6.45) is 0. The average Bonchev–Trinajstić information content (AvgIpc) is 3.88. The molecule has 238 valence electrons. The lowest BCUT2D eigenvalue weighted by molar-refractivity contribution is 0.668. The number of aromatic nitrogens is 3. The van der Waals surface area contributed by atoms with Crippen LogP contribution in [0.5, 0.6) is 0 Å². The van der Waals surface area contributed by atoms with Gasteiger partial charge in [0.25, 0.3) is 0 Å². The number of rotatable bonds is 4. The molecule has 0 fully saturated rings. The summed E-state index contributed by atoms with van der Waals surface area (Å²) in [6.45, 7) is 0. The number of para-hydroxylation sites is 2. The topological polar surface area (TPSA) is 65.0 Å². The van der Waals surface area contributed by atoms with Gasteiger partial charge >= 0.3 is 0 Å². The van der Waals surface area contributed by atoms with Gasteiger partial charge in [0, 0.05) is 58.4 Å². The van der Waals surface area contributed by atoms with E-state index in [0.29, 0.717) is 17.5 Å². The van der Waals surface area contributed by atoms with Gasteiger partial charge in [0.15, 0.2) is 17.5 Å². The number of thiophene rings is 1. The van der Waals surface area contributed by atoms with Gasteiger partial charge in [0.05, 0.1) is 0 Å². The molecule has 11 aromatic rings. The van der Waals surface area contributed by atoms with E-state index in [-0.39, 0.29) is 0 Å². The minimum atomic E-state index is 0.583. The van der Waals surface area contributed by atoms with Crippen LogP contribution in [0.4, 0.5) is 0 Å². The van der Waals surface area contributed by atoms with Crippen molar-refractivity contribution in [3.63, 3.8) is 0 Å². The summed E-state index contributed by atoms with van der Waals surface area (Å²) < 4.78 is 15.1. The Morgan fingerprint density at radius 1 is 0.373 bits per heavy atom. The predicted molar refractivity (Wildman–Crippen MR) is 209 cm³/mol. The highest BCUT2D eigenvalue weighted by molar-refractivity contribution is 7.25. The molecule has 51 heavy (non-hydrogen) atoms. The summed E-state index contributed by atoms with van der Waals surface area (Å²) in [5.41, 5.74) is 8.15. The van der Waals surface area contributed by atoms with E-state index >= 15 is 0 Å². The Kier molecular flexibility index (Phi) is 6.05. The molecular weight excluding hydrogens is 647 g/mol. The van der Waals surface area contributed by atoms with E-state index in [0.717, 1.165) is 71.7 Å². The van der Waals surface area contributed by atoms with Gasteiger partial charge in [-0.1, -0.05) is 97.1 Å². The first-order valence-electron chi connectivity index (χ1n) is 16.9. The van der Waals surface area contributed by atoms with Gasteiger partial charge < -0.3 is 8.83 Å². The van der Waals surface area contributed by atoms with Crippen LogP contribution in [-0.4, -0.2) is 15.0 Å². The molecule has 0 saturated carbocycles. The highest BCUT2D eigenvalue weighted by Gasteiger charge is 2.24. The van der Waals surface area contributed by atoms with Gasteiger partial charge in [-0.05, 0) is 65.7 Å². The first kappa shape index (κ1) is 28.2. The third-order valence-corrected chi connectivity index (χ3v) is 10.9. The van der Waals surface area contributed by atoms with Crippen molar-refractivity contribution >= 4 is 75.4 Å². The highest BCUT2D eigenvalue weighted by Crippen LogP contribution is 2.47. The zero-order chi connectivity index (χ0) is 33.5. The first-order chi connectivity index (χ1) is 25.3. The Labute approximate surface area is 295 Å². The number of benzene rings is 7. The van der Waals surface area contributed by atoms with E-state index in [1.807, 2.05) is 84.1 Å². The lowest BCUT2D eigenvalue weighted by Gasteiger charge is -2.14. The molecule has 11 rings (SSSR count). The maximum absolute atomic E-state index is 6.48. The van der Waals surface area contributed by atoms with Crippen molar-refractivity contribution in [1.29, 1.82) is 0 Å². The molecule has 0 atom stereocenters. The van der Waals surface area contributed by atoms with E-state index in [2.05, 4.69) is 78.9 Å². The summed E-state index contributed by atoms with van der Waals surface area (Å²) in [4.78, 5) is 15.7.